The number of hydrogen-bond acceptors (Lipinski definition) is 3. The van der Waals surface area contributed by atoms with Crippen molar-refractivity contribution in [3.8, 4) is 5.75 Å². The molecule has 0 aliphatic carbocycles. The van der Waals surface area contributed by atoms with E-state index in [0.29, 0.717) is 17.2 Å². The van der Waals surface area contributed by atoms with E-state index in [1.54, 1.807) is 18.2 Å². The molecule has 4 nitrogen and oxygen atoms in total. The van der Waals surface area contributed by atoms with Gasteiger partial charge in [0.05, 0.1) is 11.1 Å². The molecule has 1 atom stereocenters. The molecule has 0 fully saturated rings. The van der Waals surface area contributed by atoms with Gasteiger partial charge in [0, 0.05) is 4.47 Å². The lowest BCUT2D eigenvalue weighted by Gasteiger charge is -2.16. The van der Waals surface area contributed by atoms with Crippen molar-refractivity contribution in [3.05, 3.63) is 63.6 Å². The van der Waals surface area contributed by atoms with E-state index in [1.807, 2.05) is 30.3 Å². The van der Waals surface area contributed by atoms with E-state index in [9.17, 15) is 9.59 Å². The fourth-order valence-corrected chi connectivity index (χ4v) is 2.85. The smallest absolute Gasteiger partial charge is 0.258 e. The summed E-state index contributed by atoms with van der Waals surface area (Å²) in [7, 11) is 0. The predicted octanol–water partition coefficient (Wildman–Crippen LogP) is 3.80. The van der Waals surface area contributed by atoms with Crippen LogP contribution >= 0.6 is 27.5 Å². The Hall–Kier alpha value is -1.85. The molecular formula is C18H17BrClNO3. The molecule has 0 spiro atoms. The summed E-state index contributed by atoms with van der Waals surface area (Å²) in [5, 5.41) is 3.11. The highest BCUT2D eigenvalue weighted by Gasteiger charge is 2.18. The standard InChI is InChI=1S/C18H17BrClNO3/c1-12(22)16(9-13-5-3-2-4-6-13)21-18(23)11-24-17-8-7-14(19)10-15(17)20/h2-8,10,16H,9,11H2,1H3,(H,21,23)/t16-/m1/s1. The lowest BCUT2D eigenvalue weighted by molar-refractivity contribution is -0.128. The maximum absolute atomic E-state index is 12.1. The molecule has 1 amide bonds. The zero-order valence-corrected chi connectivity index (χ0v) is 15.4. The molecule has 0 aliphatic heterocycles. The number of benzene rings is 2. The van der Waals surface area contributed by atoms with E-state index in [-0.39, 0.29) is 18.3 Å². The Balaban J connectivity index is 1.92. The number of halogens is 2. The van der Waals surface area contributed by atoms with E-state index in [4.69, 9.17) is 16.3 Å². The van der Waals surface area contributed by atoms with Gasteiger partial charge in [-0.15, -0.1) is 0 Å². The quantitative estimate of drug-likeness (QED) is 0.755. The SMILES string of the molecule is CC(=O)[C@@H](Cc1ccccc1)NC(=O)COc1ccc(Br)cc1Cl. The Kier molecular flexibility index (Phi) is 6.82. The van der Waals surface area contributed by atoms with Crippen LogP contribution in [0.3, 0.4) is 0 Å². The van der Waals surface area contributed by atoms with Gasteiger partial charge in [-0.05, 0) is 37.1 Å². The van der Waals surface area contributed by atoms with Crippen LogP contribution < -0.4 is 10.1 Å². The highest BCUT2D eigenvalue weighted by molar-refractivity contribution is 9.10. The van der Waals surface area contributed by atoms with Crippen LogP contribution in [0.25, 0.3) is 0 Å². The van der Waals surface area contributed by atoms with Crippen molar-refractivity contribution in [3.63, 3.8) is 0 Å². The van der Waals surface area contributed by atoms with Crippen LogP contribution in [0, 0.1) is 0 Å². The van der Waals surface area contributed by atoms with E-state index >= 15 is 0 Å². The minimum Gasteiger partial charge on any atom is -0.482 e. The number of nitrogens with one attached hydrogen (secondary N) is 1. The Morgan fingerprint density at radius 3 is 2.54 bits per heavy atom. The van der Waals surface area contributed by atoms with Gasteiger partial charge >= 0.3 is 0 Å². The molecule has 0 bridgehead atoms. The fraction of sp³-hybridized carbons (Fsp3) is 0.222. The number of rotatable bonds is 7. The van der Waals surface area contributed by atoms with Gasteiger partial charge in [-0.3, -0.25) is 9.59 Å². The maximum atomic E-state index is 12.1. The van der Waals surface area contributed by atoms with Crippen molar-refractivity contribution >= 4 is 39.2 Å². The normalized spacial score (nSPS) is 11.6. The molecule has 126 valence electrons. The zero-order chi connectivity index (χ0) is 17.5. The molecule has 2 aromatic rings. The second-order valence-electron chi connectivity index (χ2n) is 5.28. The first-order valence-electron chi connectivity index (χ1n) is 7.37. The topological polar surface area (TPSA) is 55.4 Å². The minimum atomic E-state index is -0.580. The van der Waals surface area contributed by atoms with Crippen LogP contribution in [0.5, 0.6) is 5.75 Å². The molecule has 24 heavy (non-hydrogen) atoms. The van der Waals surface area contributed by atoms with Crippen molar-refractivity contribution in [1.29, 1.82) is 0 Å². The third kappa shape index (κ3) is 5.65. The number of amides is 1. The van der Waals surface area contributed by atoms with E-state index in [1.165, 1.54) is 6.92 Å². The first kappa shape index (κ1) is 18.5. The molecule has 2 rings (SSSR count). The summed E-state index contributed by atoms with van der Waals surface area (Å²) < 4.78 is 6.23. The van der Waals surface area contributed by atoms with Gasteiger partial charge in [0.25, 0.3) is 5.91 Å². The summed E-state index contributed by atoms with van der Waals surface area (Å²) in [6.07, 6.45) is 0.445. The number of Topliss-reactive ketones (excluding diaryl/α,β-unsaturated/α-hetero) is 1. The number of carbonyl (C=O) groups is 2. The van der Waals surface area contributed by atoms with E-state index in [0.717, 1.165) is 10.0 Å². The average molecular weight is 411 g/mol. The van der Waals surface area contributed by atoms with Gasteiger partial charge in [0.2, 0.25) is 0 Å². The van der Waals surface area contributed by atoms with Crippen LogP contribution in [0.1, 0.15) is 12.5 Å². The lowest BCUT2D eigenvalue weighted by Crippen LogP contribution is -2.43. The fourth-order valence-electron chi connectivity index (χ4n) is 2.12. The second kappa shape index (κ2) is 8.85. The maximum Gasteiger partial charge on any atom is 0.258 e. The molecule has 0 saturated carbocycles. The highest BCUT2D eigenvalue weighted by Crippen LogP contribution is 2.27. The molecule has 0 aromatic heterocycles. The Labute approximate surface area is 154 Å². The van der Waals surface area contributed by atoms with Gasteiger partial charge in [-0.25, -0.2) is 0 Å². The summed E-state index contributed by atoms with van der Waals surface area (Å²) >= 11 is 9.34. The third-order valence-electron chi connectivity index (χ3n) is 3.36. The number of ketones is 1. The van der Waals surface area contributed by atoms with Crippen molar-refractivity contribution in [2.75, 3.05) is 6.61 Å². The van der Waals surface area contributed by atoms with E-state index in [2.05, 4.69) is 21.2 Å². The molecule has 0 heterocycles. The van der Waals surface area contributed by atoms with Gasteiger partial charge < -0.3 is 10.1 Å². The molecular weight excluding hydrogens is 394 g/mol. The van der Waals surface area contributed by atoms with Crippen molar-refractivity contribution < 1.29 is 14.3 Å². The van der Waals surface area contributed by atoms with Crippen LogP contribution in [0.2, 0.25) is 5.02 Å². The second-order valence-corrected chi connectivity index (χ2v) is 6.61. The van der Waals surface area contributed by atoms with Gasteiger partial charge in [-0.1, -0.05) is 57.9 Å². The summed E-state index contributed by atoms with van der Waals surface area (Å²) in [4.78, 5) is 23.8. The molecule has 1 N–H and O–H groups in total. The summed E-state index contributed by atoms with van der Waals surface area (Å²) in [6, 6.07) is 14.1. The van der Waals surface area contributed by atoms with Crippen molar-refractivity contribution in [1.82, 2.24) is 5.32 Å². The van der Waals surface area contributed by atoms with Gasteiger partial charge in [0.1, 0.15) is 5.75 Å². The van der Waals surface area contributed by atoms with Crippen LogP contribution in [0.4, 0.5) is 0 Å². The predicted molar refractivity (Wildman–Crippen MR) is 97.4 cm³/mol. The average Bonchev–Trinajstić information content (AvgIpc) is 2.54. The third-order valence-corrected chi connectivity index (χ3v) is 4.15. The first-order chi connectivity index (χ1) is 11.5. The molecule has 6 heteroatoms. The Morgan fingerprint density at radius 1 is 1.21 bits per heavy atom. The Bertz CT molecular complexity index is 721. The van der Waals surface area contributed by atoms with Crippen molar-refractivity contribution in [2.45, 2.75) is 19.4 Å². The van der Waals surface area contributed by atoms with Crippen LogP contribution in [-0.4, -0.2) is 24.3 Å². The monoisotopic (exact) mass is 409 g/mol. The zero-order valence-electron chi connectivity index (χ0n) is 13.1. The largest absolute Gasteiger partial charge is 0.482 e. The molecule has 0 saturated heterocycles. The number of carbonyl (C=O) groups excluding carboxylic acids is 2. The summed E-state index contributed by atoms with van der Waals surface area (Å²) in [5.41, 5.74) is 0.981. The summed E-state index contributed by atoms with van der Waals surface area (Å²) in [5.74, 6) is -0.0588. The number of hydrogen-bond donors (Lipinski definition) is 1. The van der Waals surface area contributed by atoms with Gasteiger partial charge in [0.15, 0.2) is 12.4 Å². The molecule has 2 aromatic carbocycles. The van der Waals surface area contributed by atoms with E-state index < -0.39 is 6.04 Å². The molecule has 0 unspecified atom stereocenters. The van der Waals surface area contributed by atoms with Gasteiger partial charge in [-0.2, -0.15) is 0 Å². The van der Waals surface area contributed by atoms with Crippen LogP contribution in [0.15, 0.2) is 53.0 Å². The number of ether oxygens (including phenoxy) is 1. The first-order valence-corrected chi connectivity index (χ1v) is 8.54. The summed E-state index contributed by atoms with van der Waals surface area (Å²) in [6.45, 7) is 1.25. The lowest BCUT2D eigenvalue weighted by atomic mass is 10.0. The van der Waals surface area contributed by atoms with Crippen molar-refractivity contribution in [2.24, 2.45) is 0 Å². The molecule has 0 aliphatic rings. The molecule has 0 radical (unpaired) electrons. The Morgan fingerprint density at radius 2 is 1.92 bits per heavy atom. The highest BCUT2D eigenvalue weighted by atomic mass is 79.9. The van der Waals surface area contributed by atoms with Crippen LogP contribution in [-0.2, 0) is 16.0 Å². The minimum absolute atomic E-state index is 0.103.